The Morgan fingerprint density at radius 2 is 1.62 bits per heavy atom. The van der Waals surface area contributed by atoms with Crippen molar-refractivity contribution in [3.63, 3.8) is 0 Å². The van der Waals surface area contributed by atoms with Gasteiger partial charge >= 0.3 is 0 Å². The molecule has 0 N–H and O–H groups in total. The molecule has 0 atom stereocenters. The van der Waals surface area contributed by atoms with E-state index >= 15 is 0 Å². The molecule has 108 valence electrons. The summed E-state index contributed by atoms with van der Waals surface area (Å²) in [7, 11) is -1.22. The summed E-state index contributed by atoms with van der Waals surface area (Å²) in [4.78, 5) is 0. The van der Waals surface area contributed by atoms with E-state index in [1.165, 1.54) is 38.6 Å². The van der Waals surface area contributed by atoms with Crippen molar-refractivity contribution in [3.8, 4) is 11.1 Å². The van der Waals surface area contributed by atoms with E-state index in [9.17, 15) is 0 Å². The van der Waals surface area contributed by atoms with Crippen molar-refractivity contribution in [2.45, 2.75) is 39.9 Å². The van der Waals surface area contributed by atoms with E-state index in [2.05, 4.69) is 76.0 Å². The lowest BCUT2D eigenvalue weighted by Crippen LogP contribution is -2.37. The highest BCUT2D eigenvalue weighted by Gasteiger charge is 2.18. The lowest BCUT2D eigenvalue weighted by molar-refractivity contribution is 1.24. The zero-order chi connectivity index (χ0) is 15.2. The molecule has 0 heterocycles. The molecule has 0 saturated heterocycles. The van der Waals surface area contributed by atoms with Gasteiger partial charge in [-0.25, -0.2) is 0 Å². The van der Waals surface area contributed by atoms with Crippen LogP contribution in [0.15, 0.2) is 36.4 Å². The first-order chi connectivity index (χ1) is 9.88. The molecular formula is C20H24Si. The molecule has 1 heteroatoms. The zero-order valence-corrected chi connectivity index (χ0v) is 14.7. The van der Waals surface area contributed by atoms with E-state index in [0.29, 0.717) is 0 Å². The molecule has 1 aliphatic rings. The van der Waals surface area contributed by atoms with Gasteiger partial charge in [0, 0.05) is 0 Å². The first-order valence-corrected chi connectivity index (χ1v) is 11.3. The summed E-state index contributed by atoms with van der Waals surface area (Å²) in [5.41, 5.74) is 8.52. The summed E-state index contributed by atoms with van der Waals surface area (Å²) >= 11 is 0. The Labute approximate surface area is 129 Å². The summed E-state index contributed by atoms with van der Waals surface area (Å²) in [6, 6.07) is 11.7. The van der Waals surface area contributed by atoms with E-state index in [1.807, 2.05) is 0 Å². The Morgan fingerprint density at radius 3 is 2.24 bits per heavy atom. The van der Waals surface area contributed by atoms with Crippen LogP contribution in [0.4, 0.5) is 0 Å². The first-order valence-electron chi connectivity index (χ1n) is 7.78. The molecule has 21 heavy (non-hydrogen) atoms. The SMILES string of the molecule is Cc1cc2c(c(-c3ccc([Si](C)(C)C)cc3)c1C)C=CC2. The third kappa shape index (κ3) is 2.51. The normalized spacial score (nSPS) is 13.6. The number of fused-ring (bicyclic) bond motifs is 1. The highest BCUT2D eigenvalue weighted by Crippen LogP contribution is 2.35. The lowest BCUT2D eigenvalue weighted by Gasteiger charge is -2.19. The highest BCUT2D eigenvalue weighted by atomic mass is 28.3. The maximum Gasteiger partial charge on any atom is 0.0775 e. The second-order valence-electron chi connectivity index (χ2n) is 7.20. The molecule has 0 aliphatic heterocycles. The maximum absolute atomic E-state index is 2.40. The van der Waals surface area contributed by atoms with Crippen LogP contribution in [0.3, 0.4) is 0 Å². The maximum atomic E-state index is 2.40. The summed E-state index contributed by atoms with van der Waals surface area (Å²) in [5, 5.41) is 1.53. The van der Waals surface area contributed by atoms with Gasteiger partial charge in [-0.05, 0) is 53.6 Å². The van der Waals surface area contributed by atoms with E-state index in [-0.39, 0.29) is 0 Å². The van der Waals surface area contributed by atoms with E-state index in [1.54, 1.807) is 0 Å². The van der Waals surface area contributed by atoms with Gasteiger partial charge in [0.15, 0.2) is 0 Å². The smallest absolute Gasteiger partial charge is 0.0775 e. The van der Waals surface area contributed by atoms with Gasteiger partial charge in [-0.2, -0.15) is 0 Å². The van der Waals surface area contributed by atoms with Crippen molar-refractivity contribution in [2.75, 3.05) is 0 Å². The third-order valence-corrected chi connectivity index (χ3v) is 6.70. The monoisotopic (exact) mass is 292 g/mol. The van der Waals surface area contributed by atoms with Crippen LogP contribution in [0.5, 0.6) is 0 Å². The zero-order valence-electron chi connectivity index (χ0n) is 13.7. The Hall–Kier alpha value is -1.60. The van der Waals surface area contributed by atoms with Crippen LogP contribution in [-0.4, -0.2) is 8.07 Å². The fourth-order valence-corrected chi connectivity index (χ4v) is 4.35. The van der Waals surface area contributed by atoms with Crippen molar-refractivity contribution < 1.29 is 0 Å². The number of aryl methyl sites for hydroxylation is 1. The van der Waals surface area contributed by atoms with Gasteiger partial charge in [0.05, 0.1) is 8.07 Å². The molecule has 0 amide bonds. The molecule has 2 aromatic carbocycles. The van der Waals surface area contributed by atoms with Gasteiger partial charge in [0.25, 0.3) is 0 Å². The number of rotatable bonds is 2. The van der Waals surface area contributed by atoms with E-state index in [0.717, 1.165) is 6.42 Å². The largest absolute Gasteiger partial charge is 0.0795 e. The number of benzene rings is 2. The molecule has 0 fully saturated rings. The predicted molar refractivity (Wildman–Crippen MR) is 97.1 cm³/mol. The quantitative estimate of drug-likeness (QED) is 0.677. The second-order valence-corrected chi connectivity index (χ2v) is 12.3. The molecule has 0 nitrogen and oxygen atoms in total. The minimum absolute atomic E-state index is 1.08. The third-order valence-electron chi connectivity index (χ3n) is 4.63. The van der Waals surface area contributed by atoms with Gasteiger partial charge < -0.3 is 0 Å². The summed E-state index contributed by atoms with van der Waals surface area (Å²) in [6.45, 7) is 11.7. The molecule has 1 aliphatic carbocycles. The average Bonchev–Trinajstić information content (AvgIpc) is 2.87. The van der Waals surface area contributed by atoms with Crippen molar-refractivity contribution in [1.82, 2.24) is 0 Å². The molecule has 0 spiro atoms. The van der Waals surface area contributed by atoms with Gasteiger partial charge in [0.2, 0.25) is 0 Å². The van der Waals surface area contributed by atoms with Crippen molar-refractivity contribution in [1.29, 1.82) is 0 Å². The van der Waals surface area contributed by atoms with Crippen LogP contribution in [0.25, 0.3) is 17.2 Å². The molecule has 0 aromatic heterocycles. The van der Waals surface area contributed by atoms with Gasteiger partial charge in [0.1, 0.15) is 0 Å². The molecule has 0 bridgehead atoms. The lowest BCUT2D eigenvalue weighted by atomic mass is 9.90. The van der Waals surface area contributed by atoms with E-state index in [4.69, 9.17) is 0 Å². The Bertz CT molecular complexity index is 713. The van der Waals surface area contributed by atoms with Gasteiger partial charge in [-0.3, -0.25) is 0 Å². The Morgan fingerprint density at radius 1 is 0.952 bits per heavy atom. The molecular weight excluding hydrogens is 268 g/mol. The molecule has 0 unspecified atom stereocenters. The highest BCUT2D eigenvalue weighted by molar-refractivity contribution is 6.88. The Balaban J connectivity index is 2.15. The fourth-order valence-electron chi connectivity index (χ4n) is 3.18. The van der Waals surface area contributed by atoms with Crippen LogP contribution in [0.1, 0.15) is 22.3 Å². The van der Waals surface area contributed by atoms with Gasteiger partial charge in [-0.15, -0.1) is 0 Å². The number of hydrogen-bond acceptors (Lipinski definition) is 0. The minimum Gasteiger partial charge on any atom is -0.0795 e. The van der Waals surface area contributed by atoms with Gasteiger partial charge in [-0.1, -0.05) is 67.3 Å². The summed E-state index contributed by atoms with van der Waals surface area (Å²) in [6.07, 6.45) is 5.66. The molecule has 0 saturated carbocycles. The topological polar surface area (TPSA) is 0 Å². The average molecular weight is 292 g/mol. The second kappa shape index (κ2) is 4.99. The Kier molecular flexibility index (Phi) is 3.41. The van der Waals surface area contributed by atoms with Crippen molar-refractivity contribution in [2.24, 2.45) is 0 Å². The fraction of sp³-hybridized carbons (Fsp3) is 0.300. The predicted octanol–water partition coefficient (Wildman–Crippen LogP) is 5.08. The van der Waals surface area contributed by atoms with Crippen molar-refractivity contribution in [3.05, 3.63) is 58.7 Å². The van der Waals surface area contributed by atoms with E-state index < -0.39 is 8.07 Å². The van der Waals surface area contributed by atoms with Crippen molar-refractivity contribution >= 4 is 19.3 Å². The standard InChI is InChI=1S/C20H24Si/c1-14-13-17-7-6-8-19(17)20(15(14)2)16-9-11-18(12-10-16)21(3,4)5/h6,8-13H,7H2,1-5H3. The summed E-state index contributed by atoms with van der Waals surface area (Å²) in [5.74, 6) is 0. The molecule has 2 aromatic rings. The molecule has 0 radical (unpaired) electrons. The summed E-state index contributed by atoms with van der Waals surface area (Å²) < 4.78 is 0. The number of allylic oxidation sites excluding steroid dienone is 1. The minimum atomic E-state index is -1.22. The van der Waals surface area contributed by atoms with Crippen LogP contribution in [0, 0.1) is 13.8 Å². The van der Waals surface area contributed by atoms with Crippen LogP contribution in [-0.2, 0) is 6.42 Å². The van der Waals surface area contributed by atoms with Crippen LogP contribution in [0.2, 0.25) is 19.6 Å². The molecule has 3 rings (SSSR count). The first kappa shape index (κ1) is 14.3. The van der Waals surface area contributed by atoms with Crippen LogP contribution < -0.4 is 5.19 Å². The van der Waals surface area contributed by atoms with Crippen LogP contribution >= 0.6 is 0 Å². The number of hydrogen-bond donors (Lipinski definition) is 0.